The molecule has 1 saturated heterocycles. The Morgan fingerprint density at radius 3 is 2.44 bits per heavy atom. The molecule has 1 heterocycles. The van der Waals surface area contributed by atoms with E-state index >= 15 is 0 Å². The quantitative estimate of drug-likeness (QED) is 0.818. The van der Waals surface area contributed by atoms with Crippen LogP contribution in [0.1, 0.15) is 51.9 Å². The van der Waals surface area contributed by atoms with Crippen LogP contribution in [0.15, 0.2) is 0 Å². The van der Waals surface area contributed by atoms with Gasteiger partial charge in [-0.2, -0.15) is 0 Å². The summed E-state index contributed by atoms with van der Waals surface area (Å²) in [6.45, 7) is 5.04. The van der Waals surface area contributed by atoms with Crippen molar-refractivity contribution in [2.45, 2.75) is 58.0 Å². The van der Waals surface area contributed by atoms with Crippen LogP contribution in [0, 0.1) is 11.8 Å². The third kappa shape index (κ3) is 4.36. The summed E-state index contributed by atoms with van der Waals surface area (Å²) >= 11 is 0. The monoisotopic (exact) mass is 253 g/mol. The van der Waals surface area contributed by atoms with Crippen LogP contribution in [0.5, 0.6) is 0 Å². The lowest BCUT2D eigenvalue weighted by Gasteiger charge is -2.26. The van der Waals surface area contributed by atoms with E-state index in [1.54, 1.807) is 0 Å². The highest BCUT2D eigenvalue weighted by Gasteiger charge is 2.24. The third-order valence-electron chi connectivity index (χ3n) is 4.46. The minimum Gasteiger partial charge on any atom is -0.378 e. The largest absolute Gasteiger partial charge is 0.378 e. The summed E-state index contributed by atoms with van der Waals surface area (Å²) in [7, 11) is 0. The molecule has 2 rings (SSSR count). The van der Waals surface area contributed by atoms with Gasteiger partial charge >= 0.3 is 0 Å². The van der Waals surface area contributed by atoms with E-state index in [-0.39, 0.29) is 0 Å². The maximum Gasteiger partial charge on any atom is 0.138 e. The van der Waals surface area contributed by atoms with Gasteiger partial charge < -0.3 is 10.1 Å². The van der Waals surface area contributed by atoms with Crippen LogP contribution in [0.2, 0.25) is 0 Å². The highest BCUT2D eigenvalue weighted by Crippen LogP contribution is 2.29. The van der Waals surface area contributed by atoms with Crippen molar-refractivity contribution < 1.29 is 9.53 Å². The number of hydrogen-bond acceptors (Lipinski definition) is 3. The minimum atomic E-state index is 0.331. The summed E-state index contributed by atoms with van der Waals surface area (Å²) in [4.78, 5) is 12.1. The Hall–Kier alpha value is -0.410. The number of carbonyl (C=O) groups is 1. The van der Waals surface area contributed by atoms with E-state index in [0.29, 0.717) is 30.8 Å². The van der Waals surface area contributed by atoms with E-state index in [0.717, 1.165) is 44.7 Å². The molecule has 0 aromatic carbocycles. The second-order valence-electron chi connectivity index (χ2n) is 5.99. The highest BCUT2D eigenvalue weighted by atomic mass is 16.5. The van der Waals surface area contributed by atoms with Crippen LogP contribution in [-0.2, 0) is 9.53 Å². The molecule has 18 heavy (non-hydrogen) atoms. The number of Topliss-reactive ketones (excluding diaryl/α,β-unsaturated/α-hetero) is 1. The lowest BCUT2D eigenvalue weighted by Crippen LogP contribution is -2.33. The van der Waals surface area contributed by atoms with Crippen LogP contribution in [0.25, 0.3) is 0 Å². The van der Waals surface area contributed by atoms with Crippen LogP contribution < -0.4 is 5.32 Å². The molecule has 3 heteroatoms. The van der Waals surface area contributed by atoms with Gasteiger partial charge in [-0.15, -0.1) is 0 Å². The van der Waals surface area contributed by atoms with E-state index in [4.69, 9.17) is 4.74 Å². The predicted molar refractivity (Wildman–Crippen MR) is 72.6 cm³/mol. The molecular formula is C15H27NO2. The number of ether oxygens (including phenoxy) is 1. The Bertz CT molecular complexity index is 253. The number of rotatable bonds is 5. The summed E-state index contributed by atoms with van der Waals surface area (Å²) in [5.41, 5.74) is 0. The number of ketones is 1. The number of piperidine rings is 1. The van der Waals surface area contributed by atoms with E-state index in [2.05, 4.69) is 12.2 Å². The molecule has 1 saturated carbocycles. The van der Waals surface area contributed by atoms with Gasteiger partial charge in [0.25, 0.3) is 0 Å². The van der Waals surface area contributed by atoms with Gasteiger partial charge in [0.2, 0.25) is 0 Å². The van der Waals surface area contributed by atoms with Crippen molar-refractivity contribution >= 4 is 5.78 Å². The molecule has 0 atom stereocenters. The molecule has 0 aromatic heterocycles. The van der Waals surface area contributed by atoms with Crippen LogP contribution in [-0.4, -0.2) is 31.6 Å². The van der Waals surface area contributed by atoms with E-state index < -0.39 is 0 Å². The van der Waals surface area contributed by atoms with Crippen molar-refractivity contribution in [3.05, 3.63) is 0 Å². The van der Waals surface area contributed by atoms with Gasteiger partial charge in [-0.05, 0) is 44.7 Å². The van der Waals surface area contributed by atoms with Gasteiger partial charge in [0.05, 0.1) is 12.7 Å². The average molecular weight is 253 g/mol. The normalized spacial score (nSPS) is 30.3. The van der Waals surface area contributed by atoms with Crippen LogP contribution >= 0.6 is 0 Å². The summed E-state index contributed by atoms with van der Waals surface area (Å²) in [6.07, 6.45) is 7.86. The fourth-order valence-corrected chi connectivity index (χ4v) is 3.07. The zero-order valence-electron chi connectivity index (χ0n) is 11.6. The molecule has 104 valence electrons. The Labute approximate surface area is 111 Å². The maximum absolute atomic E-state index is 12.1. The average Bonchev–Trinajstić information content (AvgIpc) is 2.40. The molecule has 0 amide bonds. The standard InChI is InChI=1S/C15H27NO2/c1-12-2-4-13(5-3-12)15(17)8-11-18-14-6-9-16-10-7-14/h12-14,16H,2-11H2,1H3. The predicted octanol–water partition coefficient (Wildman–Crippen LogP) is 2.54. The number of nitrogens with one attached hydrogen (secondary N) is 1. The molecule has 0 aromatic rings. The second kappa shape index (κ2) is 7.25. The molecule has 0 radical (unpaired) electrons. The first kappa shape index (κ1) is 14.0. The van der Waals surface area contributed by atoms with E-state index in [1.165, 1.54) is 12.8 Å². The van der Waals surface area contributed by atoms with Gasteiger partial charge in [-0.25, -0.2) is 0 Å². The van der Waals surface area contributed by atoms with E-state index in [1.807, 2.05) is 0 Å². The minimum absolute atomic E-state index is 0.331. The molecule has 0 spiro atoms. The summed E-state index contributed by atoms with van der Waals surface area (Å²) < 4.78 is 5.80. The van der Waals surface area contributed by atoms with Crippen molar-refractivity contribution in [3.63, 3.8) is 0 Å². The summed E-state index contributed by atoms with van der Waals surface area (Å²) in [6, 6.07) is 0. The van der Waals surface area contributed by atoms with Crippen molar-refractivity contribution in [1.82, 2.24) is 5.32 Å². The molecule has 0 unspecified atom stereocenters. The molecule has 1 aliphatic heterocycles. The fourth-order valence-electron chi connectivity index (χ4n) is 3.07. The van der Waals surface area contributed by atoms with Crippen LogP contribution in [0.3, 0.4) is 0 Å². The lowest BCUT2D eigenvalue weighted by molar-refractivity contribution is -0.125. The molecule has 3 nitrogen and oxygen atoms in total. The Morgan fingerprint density at radius 1 is 1.11 bits per heavy atom. The van der Waals surface area contributed by atoms with Crippen molar-refractivity contribution in [2.24, 2.45) is 11.8 Å². The van der Waals surface area contributed by atoms with Crippen molar-refractivity contribution in [3.8, 4) is 0 Å². The molecule has 1 N–H and O–H groups in total. The molecule has 2 fully saturated rings. The third-order valence-corrected chi connectivity index (χ3v) is 4.46. The molecule has 0 bridgehead atoms. The van der Waals surface area contributed by atoms with Gasteiger partial charge in [-0.3, -0.25) is 4.79 Å². The van der Waals surface area contributed by atoms with E-state index in [9.17, 15) is 4.79 Å². The zero-order chi connectivity index (χ0) is 12.8. The van der Waals surface area contributed by atoms with Crippen molar-refractivity contribution in [2.75, 3.05) is 19.7 Å². The summed E-state index contributed by atoms with van der Waals surface area (Å²) in [5.74, 6) is 1.59. The van der Waals surface area contributed by atoms with Gasteiger partial charge in [-0.1, -0.05) is 19.8 Å². The molecular weight excluding hydrogens is 226 g/mol. The van der Waals surface area contributed by atoms with Gasteiger partial charge in [0.1, 0.15) is 5.78 Å². The zero-order valence-corrected chi connectivity index (χ0v) is 11.6. The molecule has 2 aliphatic rings. The topological polar surface area (TPSA) is 38.3 Å². The molecule has 1 aliphatic carbocycles. The second-order valence-corrected chi connectivity index (χ2v) is 5.99. The first-order chi connectivity index (χ1) is 8.75. The maximum atomic E-state index is 12.1. The number of hydrogen-bond donors (Lipinski definition) is 1. The smallest absolute Gasteiger partial charge is 0.138 e. The summed E-state index contributed by atoms with van der Waals surface area (Å²) in [5, 5.41) is 3.32. The Kier molecular flexibility index (Phi) is 5.64. The number of carbonyl (C=O) groups excluding carboxylic acids is 1. The SMILES string of the molecule is CC1CCC(C(=O)CCOC2CCNCC2)CC1. The Balaban J connectivity index is 1.59. The first-order valence-corrected chi connectivity index (χ1v) is 7.60. The van der Waals surface area contributed by atoms with Gasteiger partial charge in [0, 0.05) is 12.3 Å². The first-order valence-electron chi connectivity index (χ1n) is 7.60. The van der Waals surface area contributed by atoms with Crippen LogP contribution in [0.4, 0.5) is 0 Å². The highest BCUT2D eigenvalue weighted by molar-refractivity contribution is 5.81. The Morgan fingerprint density at radius 2 is 1.78 bits per heavy atom. The fraction of sp³-hybridized carbons (Fsp3) is 0.933. The van der Waals surface area contributed by atoms with Crippen molar-refractivity contribution in [1.29, 1.82) is 0 Å². The van der Waals surface area contributed by atoms with Gasteiger partial charge in [0.15, 0.2) is 0 Å². The lowest BCUT2D eigenvalue weighted by atomic mass is 9.80.